The van der Waals surface area contributed by atoms with E-state index >= 15 is 0 Å². The Bertz CT molecular complexity index is 1100. The summed E-state index contributed by atoms with van der Waals surface area (Å²) >= 11 is 0. The summed E-state index contributed by atoms with van der Waals surface area (Å²) < 4.78 is 46.0. The quantitative estimate of drug-likeness (QED) is 0.530. The SMILES string of the molecule is COc1cc2nccc(Oc3c(F)cc(N)cc3F)c2cc1OC1(C(C)(C)C)CC1. The molecule has 0 saturated heterocycles. The zero-order valence-corrected chi connectivity index (χ0v) is 17.4. The molecule has 0 spiro atoms. The molecule has 1 aliphatic carbocycles. The summed E-state index contributed by atoms with van der Waals surface area (Å²) in [6.07, 6.45) is 3.38. The number of pyridine rings is 1. The molecule has 1 aromatic heterocycles. The van der Waals surface area contributed by atoms with Gasteiger partial charge in [0.25, 0.3) is 0 Å². The van der Waals surface area contributed by atoms with Crippen molar-refractivity contribution >= 4 is 16.6 Å². The van der Waals surface area contributed by atoms with Gasteiger partial charge in [-0.2, -0.15) is 0 Å². The molecule has 3 aromatic rings. The highest BCUT2D eigenvalue weighted by Gasteiger charge is 2.55. The number of fused-ring (bicyclic) bond motifs is 1. The van der Waals surface area contributed by atoms with Gasteiger partial charge in [0.15, 0.2) is 28.9 Å². The fourth-order valence-corrected chi connectivity index (χ4v) is 3.57. The van der Waals surface area contributed by atoms with Crippen molar-refractivity contribution in [2.24, 2.45) is 5.41 Å². The summed E-state index contributed by atoms with van der Waals surface area (Å²) in [5, 5.41) is 0.550. The lowest BCUT2D eigenvalue weighted by Crippen LogP contribution is -2.34. The molecule has 0 amide bonds. The number of hydrogen-bond acceptors (Lipinski definition) is 5. The molecule has 0 aliphatic heterocycles. The van der Waals surface area contributed by atoms with E-state index in [-0.39, 0.29) is 22.5 Å². The molecule has 5 nitrogen and oxygen atoms in total. The van der Waals surface area contributed by atoms with Crippen molar-refractivity contribution in [3.05, 3.63) is 48.2 Å². The summed E-state index contributed by atoms with van der Waals surface area (Å²) in [5.74, 6) is -0.973. The molecular weight excluding hydrogens is 390 g/mol. The highest BCUT2D eigenvalue weighted by molar-refractivity contribution is 5.88. The Morgan fingerprint density at radius 3 is 2.23 bits per heavy atom. The summed E-state index contributed by atoms with van der Waals surface area (Å²) in [7, 11) is 1.56. The van der Waals surface area contributed by atoms with Gasteiger partial charge in [-0.15, -0.1) is 0 Å². The van der Waals surface area contributed by atoms with Crippen molar-refractivity contribution in [1.29, 1.82) is 0 Å². The van der Waals surface area contributed by atoms with Crippen LogP contribution in [0.3, 0.4) is 0 Å². The molecule has 1 aliphatic rings. The number of nitrogens with two attached hydrogens (primary N) is 1. The lowest BCUT2D eigenvalue weighted by Gasteiger charge is -2.32. The number of ether oxygens (including phenoxy) is 3. The van der Waals surface area contributed by atoms with E-state index < -0.39 is 17.4 Å². The second-order valence-electron chi connectivity index (χ2n) is 8.59. The Kier molecular flexibility index (Phi) is 4.71. The molecule has 30 heavy (non-hydrogen) atoms. The van der Waals surface area contributed by atoms with Crippen LogP contribution in [0.5, 0.6) is 23.0 Å². The maximum atomic E-state index is 14.3. The first-order valence-corrected chi connectivity index (χ1v) is 9.72. The van der Waals surface area contributed by atoms with Gasteiger partial charge in [-0.25, -0.2) is 8.78 Å². The monoisotopic (exact) mass is 414 g/mol. The molecule has 158 valence electrons. The third kappa shape index (κ3) is 3.49. The fraction of sp³-hybridized carbons (Fsp3) is 0.348. The lowest BCUT2D eigenvalue weighted by molar-refractivity contribution is 0.0593. The molecule has 0 radical (unpaired) electrons. The molecule has 7 heteroatoms. The van der Waals surface area contributed by atoms with E-state index in [9.17, 15) is 8.78 Å². The summed E-state index contributed by atoms with van der Waals surface area (Å²) in [4.78, 5) is 4.33. The molecule has 0 bridgehead atoms. The number of rotatable bonds is 5. The first kappa shape index (κ1) is 20.2. The van der Waals surface area contributed by atoms with Gasteiger partial charge in [0.1, 0.15) is 11.4 Å². The zero-order valence-electron chi connectivity index (χ0n) is 17.4. The Morgan fingerprint density at radius 1 is 1.00 bits per heavy atom. The average Bonchev–Trinajstić information content (AvgIpc) is 3.45. The molecule has 0 atom stereocenters. The highest BCUT2D eigenvalue weighted by Crippen LogP contribution is 2.54. The number of aromatic nitrogens is 1. The lowest BCUT2D eigenvalue weighted by atomic mass is 9.86. The van der Waals surface area contributed by atoms with Gasteiger partial charge in [-0.1, -0.05) is 20.8 Å². The second-order valence-corrected chi connectivity index (χ2v) is 8.59. The van der Waals surface area contributed by atoms with Crippen molar-refractivity contribution < 1.29 is 23.0 Å². The van der Waals surface area contributed by atoms with E-state index in [0.29, 0.717) is 22.4 Å². The van der Waals surface area contributed by atoms with Gasteiger partial charge in [0, 0.05) is 40.9 Å². The predicted octanol–water partition coefficient (Wildman–Crippen LogP) is 5.85. The minimum absolute atomic E-state index is 0.0192. The smallest absolute Gasteiger partial charge is 0.198 e. The van der Waals surface area contributed by atoms with Crippen LogP contribution in [0, 0.1) is 17.0 Å². The summed E-state index contributed by atoms with van der Waals surface area (Å²) in [6.45, 7) is 6.41. The first-order valence-electron chi connectivity index (χ1n) is 9.72. The van der Waals surface area contributed by atoms with Gasteiger partial charge < -0.3 is 19.9 Å². The van der Waals surface area contributed by atoms with Crippen molar-refractivity contribution in [3.8, 4) is 23.0 Å². The van der Waals surface area contributed by atoms with E-state index in [0.717, 1.165) is 25.0 Å². The molecule has 0 unspecified atom stereocenters. The number of halogens is 2. The van der Waals surface area contributed by atoms with E-state index in [1.807, 2.05) is 0 Å². The molecule has 1 heterocycles. The molecule has 2 aromatic carbocycles. The van der Waals surface area contributed by atoms with Crippen LogP contribution in [0.15, 0.2) is 36.5 Å². The number of hydrogen-bond donors (Lipinski definition) is 1. The Morgan fingerprint density at radius 2 is 1.67 bits per heavy atom. The van der Waals surface area contributed by atoms with Crippen LogP contribution in [0.4, 0.5) is 14.5 Å². The van der Waals surface area contributed by atoms with Gasteiger partial charge in [-0.05, 0) is 25.0 Å². The van der Waals surface area contributed by atoms with E-state index in [1.165, 1.54) is 6.20 Å². The third-order valence-corrected chi connectivity index (χ3v) is 5.60. The average molecular weight is 414 g/mol. The van der Waals surface area contributed by atoms with Crippen molar-refractivity contribution in [2.75, 3.05) is 12.8 Å². The Labute approximate surface area is 173 Å². The highest BCUT2D eigenvalue weighted by atomic mass is 19.1. The molecule has 4 rings (SSSR count). The van der Waals surface area contributed by atoms with Crippen LogP contribution in [0.2, 0.25) is 0 Å². The molecule has 1 fully saturated rings. The van der Waals surface area contributed by atoms with Crippen LogP contribution in [-0.2, 0) is 0 Å². The van der Waals surface area contributed by atoms with Crippen LogP contribution >= 0.6 is 0 Å². The van der Waals surface area contributed by atoms with E-state index in [1.54, 1.807) is 25.3 Å². The molecule has 2 N–H and O–H groups in total. The van der Waals surface area contributed by atoms with Gasteiger partial charge in [0.05, 0.1) is 12.6 Å². The molecular formula is C23H24F2N2O3. The maximum absolute atomic E-state index is 14.3. The fourth-order valence-electron chi connectivity index (χ4n) is 3.57. The van der Waals surface area contributed by atoms with Crippen LogP contribution in [0.1, 0.15) is 33.6 Å². The third-order valence-electron chi connectivity index (χ3n) is 5.60. The van der Waals surface area contributed by atoms with Gasteiger partial charge in [0.2, 0.25) is 0 Å². The van der Waals surface area contributed by atoms with Crippen molar-refractivity contribution in [2.45, 2.75) is 39.2 Å². The van der Waals surface area contributed by atoms with Crippen LogP contribution < -0.4 is 19.9 Å². The topological polar surface area (TPSA) is 66.6 Å². The van der Waals surface area contributed by atoms with Crippen LogP contribution in [0.25, 0.3) is 10.9 Å². The van der Waals surface area contributed by atoms with Gasteiger partial charge >= 0.3 is 0 Å². The number of methoxy groups -OCH3 is 1. The number of anilines is 1. The van der Waals surface area contributed by atoms with Crippen molar-refractivity contribution in [1.82, 2.24) is 4.98 Å². The zero-order chi connectivity index (χ0) is 21.7. The van der Waals surface area contributed by atoms with Gasteiger partial charge in [-0.3, -0.25) is 4.98 Å². The Hall–Kier alpha value is -3.09. The number of benzene rings is 2. The largest absolute Gasteiger partial charge is 0.493 e. The maximum Gasteiger partial charge on any atom is 0.198 e. The van der Waals surface area contributed by atoms with Crippen molar-refractivity contribution in [3.63, 3.8) is 0 Å². The second kappa shape index (κ2) is 7.00. The van der Waals surface area contributed by atoms with E-state index in [2.05, 4.69) is 25.8 Å². The Balaban J connectivity index is 1.79. The normalized spacial score (nSPS) is 15.1. The summed E-state index contributed by atoms with van der Waals surface area (Å²) in [6, 6.07) is 7.05. The molecule has 1 saturated carbocycles. The predicted molar refractivity (Wildman–Crippen MR) is 111 cm³/mol. The van der Waals surface area contributed by atoms with E-state index in [4.69, 9.17) is 19.9 Å². The van der Waals surface area contributed by atoms with Crippen LogP contribution in [-0.4, -0.2) is 17.7 Å². The standard InChI is InChI=1S/C23H24F2N2O3/c1-22(2,3)23(6-7-23)30-20-11-14-17(12-19(20)28-4)27-8-5-18(14)29-21-15(24)9-13(26)10-16(21)25/h5,8-12H,6-7,26H2,1-4H3. The number of nitrogen functional groups attached to an aromatic ring is 1. The first-order chi connectivity index (χ1) is 14.1. The minimum atomic E-state index is -0.882. The number of nitrogens with zero attached hydrogens (tertiary/aromatic N) is 1. The minimum Gasteiger partial charge on any atom is -0.493 e. The summed E-state index contributed by atoms with van der Waals surface area (Å²) in [5.41, 5.74) is 5.67.